The lowest BCUT2D eigenvalue weighted by Gasteiger charge is -2.32. The number of ether oxygens (including phenoxy) is 1. The van der Waals surface area contributed by atoms with Crippen molar-refractivity contribution in [3.63, 3.8) is 0 Å². The van der Waals surface area contributed by atoms with Crippen LogP contribution < -0.4 is 4.90 Å². The van der Waals surface area contributed by atoms with E-state index in [-0.39, 0.29) is 11.9 Å². The zero-order chi connectivity index (χ0) is 18.3. The lowest BCUT2D eigenvalue weighted by atomic mass is 9.97. The highest BCUT2D eigenvalue weighted by atomic mass is 16.5. The summed E-state index contributed by atoms with van der Waals surface area (Å²) in [5.74, 6) is 0.882. The quantitative estimate of drug-likeness (QED) is 0.678. The summed E-state index contributed by atoms with van der Waals surface area (Å²) in [6, 6.07) is 6.45. The van der Waals surface area contributed by atoms with Crippen LogP contribution >= 0.6 is 0 Å². The number of carbonyl (C=O) groups excluding carboxylic acids is 1. The summed E-state index contributed by atoms with van der Waals surface area (Å²) >= 11 is 0. The Kier molecular flexibility index (Phi) is 4.26. The normalized spacial score (nSPS) is 15.7. The Morgan fingerprint density at radius 3 is 2.77 bits per heavy atom. The first-order valence-electron chi connectivity index (χ1n) is 9.21. The van der Waals surface area contributed by atoms with Gasteiger partial charge >= 0.3 is 5.97 Å². The number of anilines is 1. The van der Waals surface area contributed by atoms with Gasteiger partial charge in [0.05, 0.1) is 18.0 Å². The topological polar surface area (TPSA) is 60.2 Å². The van der Waals surface area contributed by atoms with Crippen LogP contribution in [0.2, 0.25) is 0 Å². The summed E-state index contributed by atoms with van der Waals surface area (Å²) in [5.41, 5.74) is 4.43. The maximum Gasteiger partial charge on any atom is 0.309 e. The van der Waals surface area contributed by atoms with Crippen molar-refractivity contribution >= 4 is 33.7 Å². The molecule has 0 bridgehead atoms. The average molecular weight is 352 g/mol. The Labute approximate surface area is 152 Å². The summed E-state index contributed by atoms with van der Waals surface area (Å²) < 4.78 is 7.35. The van der Waals surface area contributed by atoms with Crippen molar-refractivity contribution in [1.82, 2.24) is 14.5 Å². The lowest BCUT2D eigenvalue weighted by Crippen LogP contribution is -2.37. The van der Waals surface area contributed by atoms with E-state index in [0.717, 1.165) is 53.7 Å². The third-order valence-corrected chi connectivity index (χ3v) is 5.32. The van der Waals surface area contributed by atoms with E-state index in [0.29, 0.717) is 6.61 Å². The number of esters is 1. The fourth-order valence-corrected chi connectivity index (χ4v) is 3.95. The van der Waals surface area contributed by atoms with Gasteiger partial charge in [-0.05, 0) is 38.8 Å². The Hall–Kier alpha value is -2.63. The number of fused-ring (bicyclic) bond motifs is 3. The molecule has 0 radical (unpaired) electrons. The molecule has 3 aromatic rings. The third kappa shape index (κ3) is 2.69. The monoisotopic (exact) mass is 352 g/mol. The zero-order valence-corrected chi connectivity index (χ0v) is 15.5. The Morgan fingerprint density at radius 1 is 1.27 bits per heavy atom. The van der Waals surface area contributed by atoms with E-state index < -0.39 is 0 Å². The molecule has 26 heavy (non-hydrogen) atoms. The summed E-state index contributed by atoms with van der Waals surface area (Å²) in [6.45, 7) is 6.00. The van der Waals surface area contributed by atoms with Crippen LogP contribution in [0.15, 0.2) is 24.5 Å². The zero-order valence-electron chi connectivity index (χ0n) is 15.5. The van der Waals surface area contributed by atoms with Crippen molar-refractivity contribution in [3.05, 3.63) is 30.1 Å². The molecule has 136 valence electrons. The Balaban J connectivity index is 1.70. The van der Waals surface area contributed by atoms with E-state index in [9.17, 15) is 4.79 Å². The smallest absolute Gasteiger partial charge is 0.309 e. The molecule has 2 aromatic heterocycles. The van der Waals surface area contributed by atoms with Crippen LogP contribution in [0.3, 0.4) is 0 Å². The van der Waals surface area contributed by atoms with Crippen LogP contribution in [-0.2, 0) is 16.6 Å². The standard InChI is InChI=1S/C20H24N4O2/c1-4-26-20(25)14-7-9-24(10-8-14)19-18-17(21-12-22-19)15-11-13(2)5-6-16(15)23(18)3/h5-6,11-12,14H,4,7-10H2,1-3H3. The van der Waals surface area contributed by atoms with Gasteiger partial charge in [-0.15, -0.1) is 0 Å². The summed E-state index contributed by atoms with van der Waals surface area (Å²) in [7, 11) is 2.07. The molecule has 1 aliphatic rings. The van der Waals surface area contributed by atoms with Crippen molar-refractivity contribution in [1.29, 1.82) is 0 Å². The molecule has 1 saturated heterocycles. The lowest BCUT2D eigenvalue weighted by molar-refractivity contribution is -0.148. The van der Waals surface area contributed by atoms with E-state index >= 15 is 0 Å². The van der Waals surface area contributed by atoms with Crippen LogP contribution in [0, 0.1) is 12.8 Å². The van der Waals surface area contributed by atoms with Gasteiger partial charge in [0, 0.05) is 25.5 Å². The van der Waals surface area contributed by atoms with Gasteiger partial charge in [-0.2, -0.15) is 0 Å². The van der Waals surface area contributed by atoms with Crippen molar-refractivity contribution in [2.24, 2.45) is 13.0 Å². The fraction of sp³-hybridized carbons (Fsp3) is 0.450. The van der Waals surface area contributed by atoms with Gasteiger partial charge in [-0.3, -0.25) is 4.79 Å². The molecule has 0 amide bonds. The first-order valence-corrected chi connectivity index (χ1v) is 9.21. The first-order chi connectivity index (χ1) is 12.6. The van der Waals surface area contributed by atoms with E-state index in [2.05, 4.69) is 51.6 Å². The molecular formula is C20H24N4O2. The molecule has 0 atom stereocenters. The molecule has 1 aromatic carbocycles. The van der Waals surface area contributed by atoms with Crippen LogP contribution in [0.4, 0.5) is 5.82 Å². The molecule has 3 heterocycles. The minimum atomic E-state index is -0.0694. The van der Waals surface area contributed by atoms with Gasteiger partial charge < -0.3 is 14.2 Å². The molecule has 0 N–H and O–H groups in total. The van der Waals surface area contributed by atoms with E-state index in [4.69, 9.17) is 4.74 Å². The number of hydrogen-bond acceptors (Lipinski definition) is 5. The molecule has 6 nitrogen and oxygen atoms in total. The Bertz CT molecular complexity index is 971. The predicted molar refractivity (Wildman–Crippen MR) is 102 cm³/mol. The van der Waals surface area contributed by atoms with Crippen molar-refractivity contribution in [2.75, 3.05) is 24.6 Å². The van der Waals surface area contributed by atoms with Crippen LogP contribution in [-0.4, -0.2) is 40.2 Å². The molecule has 0 saturated carbocycles. The van der Waals surface area contributed by atoms with Gasteiger partial charge in [0.15, 0.2) is 5.82 Å². The molecule has 1 fully saturated rings. The largest absolute Gasteiger partial charge is 0.466 e. The van der Waals surface area contributed by atoms with Crippen molar-refractivity contribution in [2.45, 2.75) is 26.7 Å². The predicted octanol–water partition coefficient (Wildman–Crippen LogP) is 3.21. The summed E-state index contributed by atoms with van der Waals surface area (Å²) in [6.07, 6.45) is 3.25. The van der Waals surface area contributed by atoms with Gasteiger partial charge in [-0.25, -0.2) is 9.97 Å². The third-order valence-electron chi connectivity index (χ3n) is 5.32. The van der Waals surface area contributed by atoms with Gasteiger partial charge in [0.25, 0.3) is 0 Å². The van der Waals surface area contributed by atoms with Crippen molar-refractivity contribution < 1.29 is 9.53 Å². The van der Waals surface area contributed by atoms with Crippen LogP contribution in [0.5, 0.6) is 0 Å². The Morgan fingerprint density at radius 2 is 2.04 bits per heavy atom. The number of hydrogen-bond donors (Lipinski definition) is 0. The number of benzene rings is 1. The minimum absolute atomic E-state index is 0.00124. The van der Waals surface area contributed by atoms with Crippen molar-refractivity contribution in [3.8, 4) is 0 Å². The van der Waals surface area contributed by atoms with Gasteiger partial charge in [0.1, 0.15) is 17.4 Å². The number of aromatic nitrogens is 3. The average Bonchev–Trinajstić information content (AvgIpc) is 2.94. The maximum atomic E-state index is 12.0. The summed E-state index contributed by atoms with van der Waals surface area (Å²) in [4.78, 5) is 23.4. The molecule has 6 heteroatoms. The first kappa shape index (κ1) is 16.8. The molecule has 4 rings (SSSR count). The maximum absolute atomic E-state index is 12.0. The number of rotatable bonds is 3. The highest BCUT2D eigenvalue weighted by molar-refractivity contribution is 6.09. The highest BCUT2D eigenvalue weighted by Crippen LogP contribution is 2.33. The molecule has 1 aliphatic heterocycles. The molecule has 0 unspecified atom stereocenters. The second kappa shape index (κ2) is 6.59. The van der Waals surface area contributed by atoms with Crippen LogP contribution in [0.25, 0.3) is 21.9 Å². The number of carbonyl (C=O) groups is 1. The fourth-order valence-electron chi connectivity index (χ4n) is 3.95. The highest BCUT2D eigenvalue weighted by Gasteiger charge is 2.28. The molecule has 0 spiro atoms. The van der Waals surface area contributed by atoms with E-state index in [1.54, 1.807) is 6.33 Å². The second-order valence-electron chi connectivity index (χ2n) is 6.99. The molecule has 0 aliphatic carbocycles. The van der Waals surface area contributed by atoms with Gasteiger partial charge in [0.2, 0.25) is 0 Å². The second-order valence-corrected chi connectivity index (χ2v) is 6.99. The van der Waals surface area contributed by atoms with E-state index in [1.165, 1.54) is 5.56 Å². The minimum Gasteiger partial charge on any atom is -0.466 e. The number of nitrogens with zero attached hydrogens (tertiary/aromatic N) is 4. The number of aryl methyl sites for hydroxylation is 2. The summed E-state index contributed by atoms with van der Waals surface area (Å²) in [5, 5.41) is 1.16. The SMILES string of the molecule is CCOC(=O)C1CCN(c2ncnc3c4cc(C)ccc4n(C)c23)CC1. The van der Waals surface area contributed by atoms with Crippen LogP contribution in [0.1, 0.15) is 25.3 Å². The van der Waals surface area contributed by atoms with E-state index in [1.807, 2.05) is 6.92 Å². The number of piperidine rings is 1. The van der Waals surface area contributed by atoms with Gasteiger partial charge in [-0.1, -0.05) is 11.6 Å². The molecular weight excluding hydrogens is 328 g/mol.